The maximum Gasteiger partial charge on any atom is 0.0644 e. The van der Waals surface area contributed by atoms with Crippen LogP contribution in [0.25, 0.3) is 0 Å². The molecule has 2 aliphatic rings. The zero-order valence-electron chi connectivity index (χ0n) is 9.27. The van der Waals surface area contributed by atoms with Gasteiger partial charge in [-0.3, -0.25) is 4.90 Å². The van der Waals surface area contributed by atoms with Crippen molar-refractivity contribution in [3.63, 3.8) is 0 Å². The van der Waals surface area contributed by atoms with Gasteiger partial charge in [0.15, 0.2) is 0 Å². The molecule has 0 bridgehead atoms. The van der Waals surface area contributed by atoms with Crippen LogP contribution in [0.4, 0.5) is 0 Å². The predicted octanol–water partition coefficient (Wildman–Crippen LogP) is -0.0506. The molecule has 3 N–H and O–H groups in total. The molecular formula is C11H22N2O2. The van der Waals surface area contributed by atoms with Crippen LogP contribution in [0.5, 0.6) is 0 Å². The van der Waals surface area contributed by atoms with Gasteiger partial charge in [0.05, 0.1) is 25.9 Å². The highest BCUT2D eigenvalue weighted by molar-refractivity contribution is 4.90. The SMILES string of the molecule is NC1CCCCC1N1CCOCC1CO. The Kier molecular flexibility index (Phi) is 3.97. The summed E-state index contributed by atoms with van der Waals surface area (Å²) in [5.74, 6) is 0. The van der Waals surface area contributed by atoms with Crippen molar-refractivity contribution in [1.82, 2.24) is 4.90 Å². The van der Waals surface area contributed by atoms with Gasteiger partial charge in [0, 0.05) is 18.6 Å². The van der Waals surface area contributed by atoms with Crippen LogP contribution in [0.2, 0.25) is 0 Å². The average molecular weight is 214 g/mol. The Balaban J connectivity index is 1.99. The smallest absolute Gasteiger partial charge is 0.0644 e. The summed E-state index contributed by atoms with van der Waals surface area (Å²) in [7, 11) is 0. The van der Waals surface area contributed by atoms with Gasteiger partial charge in [0.1, 0.15) is 0 Å². The van der Waals surface area contributed by atoms with Gasteiger partial charge < -0.3 is 15.6 Å². The Hall–Kier alpha value is -0.160. The third kappa shape index (κ3) is 2.50. The lowest BCUT2D eigenvalue weighted by Gasteiger charge is -2.44. The molecule has 3 atom stereocenters. The van der Waals surface area contributed by atoms with Crippen molar-refractivity contribution >= 4 is 0 Å². The number of nitrogens with two attached hydrogens (primary N) is 1. The highest BCUT2D eigenvalue weighted by Crippen LogP contribution is 2.24. The second-order valence-corrected chi connectivity index (χ2v) is 4.66. The Labute approximate surface area is 91.4 Å². The van der Waals surface area contributed by atoms with Crippen molar-refractivity contribution in [2.24, 2.45) is 5.73 Å². The molecule has 3 unspecified atom stereocenters. The first-order valence-corrected chi connectivity index (χ1v) is 6.03. The van der Waals surface area contributed by atoms with Crippen LogP contribution in [-0.2, 0) is 4.74 Å². The molecule has 2 rings (SSSR count). The maximum atomic E-state index is 9.32. The normalized spacial score (nSPS) is 39.2. The van der Waals surface area contributed by atoms with Crippen molar-refractivity contribution in [3.8, 4) is 0 Å². The summed E-state index contributed by atoms with van der Waals surface area (Å²) in [5.41, 5.74) is 6.16. The number of hydrogen-bond donors (Lipinski definition) is 2. The van der Waals surface area contributed by atoms with E-state index in [4.69, 9.17) is 10.5 Å². The van der Waals surface area contributed by atoms with E-state index < -0.39 is 0 Å². The highest BCUT2D eigenvalue weighted by atomic mass is 16.5. The Bertz CT molecular complexity index is 201. The minimum absolute atomic E-state index is 0.160. The monoisotopic (exact) mass is 214 g/mol. The first-order valence-electron chi connectivity index (χ1n) is 6.03. The van der Waals surface area contributed by atoms with Crippen LogP contribution < -0.4 is 5.73 Å². The molecule has 1 saturated heterocycles. The number of aliphatic hydroxyl groups excluding tert-OH is 1. The van der Waals surface area contributed by atoms with Gasteiger partial charge >= 0.3 is 0 Å². The van der Waals surface area contributed by atoms with Crippen LogP contribution in [0, 0.1) is 0 Å². The van der Waals surface area contributed by atoms with Crippen molar-refractivity contribution < 1.29 is 9.84 Å². The summed E-state index contributed by atoms with van der Waals surface area (Å²) in [4.78, 5) is 2.37. The van der Waals surface area contributed by atoms with Crippen molar-refractivity contribution in [2.45, 2.75) is 43.8 Å². The van der Waals surface area contributed by atoms with E-state index in [0.29, 0.717) is 12.6 Å². The van der Waals surface area contributed by atoms with E-state index in [-0.39, 0.29) is 18.7 Å². The molecule has 1 aliphatic carbocycles. The Morgan fingerprint density at radius 3 is 2.87 bits per heavy atom. The minimum Gasteiger partial charge on any atom is -0.395 e. The number of ether oxygens (including phenoxy) is 1. The summed E-state index contributed by atoms with van der Waals surface area (Å²) in [6.07, 6.45) is 4.83. The van der Waals surface area contributed by atoms with E-state index in [2.05, 4.69) is 4.90 Å². The molecule has 0 radical (unpaired) electrons. The van der Waals surface area contributed by atoms with E-state index in [1.165, 1.54) is 19.3 Å². The second kappa shape index (κ2) is 5.25. The molecule has 0 aromatic heterocycles. The molecule has 0 amide bonds. The van der Waals surface area contributed by atoms with Crippen molar-refractivity contribution in [2.75, 3.05) is 26.4 Å². The van der Waals surface area contributed by atoms with Gasteiger partial charge in [0.25, 0.3) is 0 Å². The van der Waals surface area contributed by atoms with E-state index >= 15 is 0 Å². The largest absolute Gasteiger partial charge is 0.395 e. The lowest BCUT2D eigenvalue weighted by Crippen LogP contribution is -2.58. The van der Waals surface area contributed by atoms with E-state index in [9.17, 15) is 5.11 Å². The fourth-order valence-corrected chi connectivity index (χ4v) is 2.81. The van der Waals surface area contributed by atoms with Crippen molar-refractivity contribution in [1.29, 1.82) is 0 Å². The topological polar surface area (TPSA) is 58.7 Å². The first kappa shape index (κ1) is 11.3. The van der Waals surface area contributed by atoms with Gasteiger partial charge in [-0.15, -0.1) is 0 Å². The first-order chi connectivity index (χ1) is 7.33. The summed E-state index contributed by atoms with van der Waals surface area (Å²) >= 11 is 0. The standard InChI is InChI=1S/C11H22N2O2/c12-10-3-1-2-4-11(10)13-5-6-15-8-9(13)7-14/h9-11,14H,1-8,12H2. The van der Waals surface area contributed by atoms with Crippen LogP contribution in [0.15, 0.2) is 0 Å². The van der Waals surface area contributed by atoms with Gasteiger partial charge in [-0.05, 0) is 12.8 Å². The van der Waals surface area contributed by atoms with Crippen LogP contribution in [0.3, 0.4) is 0 Å². The van der Waals surface area contributed by atoms with Crippen molar-refractivity contribution in [3.05, 3.63) is 0 Å². The lowest BCUT2D eigenvalue weighted by molar-refractivity contribution is -0.0569. The van der Waals surface area contributed by atoms with E-state index in [1.54, 1.807) is 0 Å². The number of nitrogens with zero attached hydrogens (tertiary/aromatic N) is 1. The third-order valence-electron chi connectivity index (χ3n) is 3.69. The molecule has 88 valence electrons. The molecule has 0 aromatic rings. The molecule has 2 fully saturated rings. The van der Waals surface area contributed by atoms with Gasteiger partial charge in [-0.1, -0.05) is 12.8 Å². The molecule has 4 heteroatoms. The number of hydrogen-bond acceptors (Lipinski definition) is 4. The predicted molar refractivity (Wildman–Crippen MR) is 58.6 cm³/mol. The number of aliphatic hydroxyl groups is 1. The quantitative estimate of drug-likeness (QED) is 0.676. The molecule has 1 aliphatic heterocycles. The van der Waals surface area contributed by atoms with E-state index in [1.807, 2.05) is 0 Å². The zero-order valence-corrected chi connectivity index (χ0v) is 9.27. The molecule has 0 spiro atoms. The fraction of sp³-hybridized carbons (Fsp3) is 1.00. The van der Waals surface area contributed by atoms with Gasteiger partial charge in [-0.2, -0.15) is 0 Å². The van der Waals surface area contributed by atoms with E-state index in [0.717, 1.165) is 19.6 Å². The molecule has 0 aromatic carbocycles. The number of rotatable bonds is 2. The van der Waals surface area contributed by atoms with Crippen LogP contribution in [-0.4, -0.2) is 54.5 Å². The molecule has 4 nitrogen and oxygen atoms in total. The van der Waals surface area contributed by atoms with Crippen LogP contribution >= 0.6 is 0 Å². The molecular weight excluding hydrogens is 192 g/mol. The maximum absolute atomic E-state index is 9.32. The lowest BCUT2D eigenvalue weighted by atomic mass is 9.89. The summed E-state index contributed by atoms with van der Waals surface area (Å²) < 4.78 is 5.39. The molecule has 15 heavy (non-hydrogen) atoms. The average Bonchev–Trinajstić information content (AvgIpc) is 2.30. The highest BCUT2D eigenvalue weighted by Gasteiger charge is 2.33. The third-order valence-corrected chi connectivity index (χ3v) is 3.69. The summed E-state index contributed by atoms with van der Waals surface area (Å²) in [5, 5.41) is 9.32. The van der Waals surface area contributed by atoms with Gasteiger partial charge in [0.2, 0.25) is 0 Å². The Morgan fingerprint density at radius 1 is 1.33 bits per heavy atom. The molecule has 1 heterocycles. The Morgan fingerprint density at radius 2 is 2.13 bits per heavy atom. The zero-order chi connectivity index (χ0) is 10.7. The summed E-state index contributed by atoms with van der Waals surface area (Å²) in [6.45, 7) is 2.53. The summed E-state index contributed by atoms with van der Waals surface area (Å²) in [6, 6.07) is 0.901. The second-order valence-electron chi connectivity index (χ2n) is 4.66. The minimum atomic E-state index is 0.160. The number of morpholine rings is 1. The molecule has 1 saturated carbocycles. The van der Waals surface area contributed by atoms with Gasteiger partial charge in [-0.25, -0.2) is 0 Å². The van der Waals surface area contributed by atoms with Crippen LogP contribution in [0.1, 0.15) is 25.7 Å². The fourth-order valence-electron chi connectivity index (χ4n) is 2.81.